The zero-order chi connectivity index (χ0) is 13.7. The molecule has 1 aromatic heterocycles. The maximum atomic E-state index is 11.9. The van der Waals surface area contributed by atoms with Crippen molar-refractivity contribution in [2.45, 2.75) is 13.0 Å². The molecule has 1 unspecified atom stereocenters. The number of oxime groups is 1. The van der Waals surface area contributed by atoms with Crippen LogP contribution in [0.3, 0.4) is 0 Å². The largest absolute Gasteiger partial charge is 0.409 e. The van der Waals surface area contributed by atoms with Gasteiger partial charge in [-0.1, -0.05) is 5.16 Å². The number of aliphatic hydroxyl groups excluding tert-OH is 1. The number of aromatic nitrogens is 1. The highest BCUT2D eigenvalue weighted by Crippen LogP contribution is 2.04. The molecular formula is C11H16N4O3. The molecule has 0 bridgehead atoms. The quantitative estimate of drug-likeness (QED) is 0.293. The average molecular weight is 252 g/mol. The van der Waals surface area contributed by atoms with Crippen molar-refractivity contribution in [1.29, 1.82) is 0 Å². The Hall–Kier alpha value is -2.15. The van der Waals surface area contributed by atoms with E-state index in [0.29, 0.717) is 5.56 Å². The standard InChI is InChI=1S/C11H16N4O3/c1-7(16)6-15(2)11(17)9-4-3-8(5-13-9)10(12)14-18/h3-5,7,16,18H,6H2,1-2H3,(H2,12,14). The first kappa shape index (κ1) is 13.9. The van der Waals surface area contributed by atoms with Crippen molar-refractivity contribution in [2.75, 3.05) is 13.6 Å². The van der Waals surface area contributed by atoms with Crippen LogP contribution >= 0.6 is 0 Å². The van der Waals surface area contributed by atoms with E-state index in [1.165, 1.54) is 23.2 Å². The highest BCUT2D eigenvalue weighted by molar-refractivity contribution is 5.98. The third-order valence-corrected chi connectivity index (χ3v) is 2.27. The van der Waals surface area contributed by atoms with Crippen molar-refractivity contribution in [3.63, 3.8) is 0 Å². The van der Waals surface area contributed by atoms with Crippen molar-refractivity contribution in [2.24, 2.45) is 10.9 Å². The van der Waals surface area contributed by atoms with Gasteiger partial charge in [-0.15, -0.1) is 0 Å². The molecule has 0 spiro atoms. The predicted molar refractivity (Wildman–Crippen MR) is 65.4 cm³/mol. The number of hydrogen-bond donors (Lipinski definition) is 3. The monoisotopic (exact) mass is 252 g/mol. The van der Waals surface area contributed by atoms with E-state index in [2.05, 4.69) is 10.1 Å². The van der Waals surface area contributed by atoms with Gasteiger partial charge in [-0.2, -0.15) is 0 Å². The van der Waals surface area contributed by atoms with Gasteiger partial charge >= 0.3 is 0 Å². The van der Waals surface area contributed by atoms with Gasteiger partial charge in [0.15, 0.2) is 5.84 Å². The topological polar surface area (TPSA) is 112 Å². The zero-order valence-corrected chi connectivity index (χ0v) is 10.2. The van der Waals surface area contributed by atoms with E-state index in [-0.39, 0.29) is 24.0 Å². The number of pyridine rings is 1. The molecular weight excluding hydrogens is 236 g/mol. The number of amides is 1. The van der Waals surface area contributed by atoms with Crippen LogP contribution in [-0.4, -0.2) is 51.6 Å². The van der Waals surface area contributed by atoms with Gasteiger partial charge in [0.05, 0.1) is 6.10 Å². The summed E-state index contributed by atoms with van der Waals surface area (Å²) in [7, 11) is 1.58. The molecule has 1 amide bonds. The minimum Gasteiger partial charge on any atom is -0.409 e. The Kier molecular flexibility index (Phi) is 4.61. The fourth-order valence-electron chi connectivity index (χ4n) is 1.40. The van der Waals surface area contributed by atoms with Crippen LogP contribution < -0.4 is 5.73 Å². The van der Waals surface area contributed by atoms with Crippen LogP contribution in [0.2, 0.25) is 0 Å². The molecule has 0 fully saturated rings. The van der Waals surface area contributed by atoms with E-state index in [9.17, 15) is 9.90 Å². The fourth-order valence-corrected chi connectivity index (χ4v) is 1.40. The summed E-state index contributed by atoms with van der Waals surface area (Å²) >= 11 is 0. The van der Waals surface area contributed by atoms with Crippen LogP contribution in [0.15, 0.2) is 23.5 Å². The second-order valence-electron chi connectivity index (χ2n) is 3.95. The van der Waals surface area contributed by atoms with Crippen molar-refractivity contribution in [3.05, 3.63) is 29.6 Å². The highest BCUT2D eigenvalue weighted by Gasteiger charge is 2.14. The van der Waals surface area contributed by atoms with Gasteiger partial charge in [0.25, 0.3) is 5.91 Å². The summed E-state index contributed by atoms with van der Waals surface area (Å²) in [5.74, 6) is -0.374. The number of carbonyl (C=O) groups excluding carboxylic acids is 1. The lowest BCUT2D eigenvalue weighted by Crippen LogP contribution is -2.33. The summed E-state index contributed by atoms with van der Waals surface area (Å²) in [6, 6.07) is 3.01. The lowest BCUT2D eigenvalue weighted by atomic mass is 10.2. The zero-order valence-electron chi connectivity index (χ0n) is 10.2. The Morgan fingerprint density at radius 2 is 2.28 bits per heavy atom. The first-order valence-electron chi connectivity index (χ1n) is 5.33. The first-order chi connectivity index (χ1) is 8.45. The van der Waals surface area contributed by atoms with Gasteiger partial charge in [-0.3, -0.25) is 9.78 Å². The molecule has 7 nitrogen and oxygen atoms in total. The Morgan fingerprint density at radius 3 is 2.72 bits per heavy atom. The molecule has 0 aliphatic heterocycles. The summed E-state index contributed by atoms with van der Waals surface area (Å²) < 4.78 is 0. The third kappa shape index (κ3) is 3.42. The number of likely N-dealkylation sites (N-methyl/N-ethyl adjacent to an activating group) is 1. The predicted octanol–water partition coefficient (Wildman–Crippen LogP) is -0.371. The Balaban J connectivity index is 2.82. The number of amidine groups is 1. The van der Waals surface area contributed by atoms with Crippen molar-refractivity contribution >= 4 is 11.7 Å². The molecule has 0 saturated heterocycles. The molecule has 0 saturated carbocycles. The summed E-state index contributed by atoms with van der Waals surface area (Å²) in [5, 5.41) is 20.5. The fraction of sp³-hybridized carbons (Fsp3) is 0.364. The van der Waals surface area contributed by atoms with Gasteiger partial charge < -0.3 is 20.9 Å². The number of nitrogens with two attached hydrogens (primary N) is 1. The van der Waals surface area contributed by atoms with Crippen molar-refractivity contribution in [3.8, 4) is 0 Å². The highest BCUT2D eigenvalue weighted by atomic mass is 16.4. The van der Waals surface area contributed by atoms with Crippen LogP contribution in [0, 0.1) is 0 Å². The maximum absolute atomic E-state index is 11.9. The summed E-state index contributed by atoms with van der Waals surface area (Å²) in [5.41, 5.74) is 6.03. The number of aliphatic hydroxyl groups is 1. The second kappa shape index (κ2) is 5.97. The van der Waals surface area contributed by atoms with Crippen LogP contribution in [0.4, 0.5) is 0 Å². The van der Waals surface area contributed by atoms with E-state index in [4.69, 9.17) is 10.9 Å². The SMILES string of the molecule is CC(O)CN(C)C(=O)c1ccc(C(N)=NO)cn1. The molecule has 0 aromatic carbocycles. The Morgan fingerprint density at radius 1 is 1.61 bits per heavy atom. The molecule has 0 aliphatic carbocycles. The number of nitrogens with zero attached hydrogens (tertiary/aromatic N) is 3. The van der Waals surface area contributed by atoms with Gasteiger partial charge in [-0.25, -0.2) is 0 Å². The molecule has 0 radical (unpaired) electrons. The molecule has 7 heteroatoms. The van der Waals surface area contributed by atoms with Gasteiger partial charge in [0, 0.05) is 25.4 Å². The van der Waals surface area contributed by atoms with Crippen LogP contribution in [0.5, 0.6) is 0 Å². The Bertz CT molecular complexity index is 442. The van der Waals surface area contributed by atoms with E-state index < -0.39 is 6.10 Å². The number of rotatable bonds is 4. The van der Waals surface area contributed by atoms with Crippen molar-refractivity contribution in [1.82, 2.24) is 9.88 Å². The lowest BCUT2D eigenvalue weighted by Gasteiger charge is -2.18. The van der Waals surface area contributed by atoms with E-state index >= 15 is 0 Å². The van der Waals surface area contributed by atoms with Gasteiger partial charge in [-0.05, 0) is 19.1 Å². The first-order valence-corrected chi connectivity index (χ1v) is 5.33. The molecule has 1 heterocycles. The molecule has 1 aromatic rings. The van der Waals surface area contributed by atoms with Crippen LogP contribution in [-0.2, 0) is 0 Å². The lowest BCUT2D eigenvalue weighted by molar-refractivity contribution is 0.0698. The van der Waals surface area contributed by atoms with Crippen LogP contribution in [0.1, 0.15) is 23.0 Å². The third-order valence-electron chi connectivity index (χ3n) is 2.27. The maximum Gasteiger partial charge on any atom is 0.272 e. The van der Waals surface area contributed by atoms with E-state index in [1.807, 2.05) is 0 Å². The van der Waals surface area contributed by atoms with E-state index in [0.717, 1.165) is 0 Å². The van der Waals surface area contributed by atoms with Crippen molar-refractivity contribution < 1.29 is 15.1 Å². The molecule has 98 valence electrons. The summed E-state index contributed by atoms with van der Waals surface area (Å²) in [6.45, 7) is 1.82. The van der Waals surface area contributed by atoms with Crippen LogP contribution in [0.25, 0.3) is 0 Å². The smallest absolute Gasteiger partial charge is 0.272 e. The molecule has 1 atom stereocenters. The molecule has 1 rings (SSSR count). The average Bonchev–Trinajstić information content (AvgIpc) is 2.36. The molecule has 0 aliphatic rings. The minimum atomic E-state index is -0.601. The summed E-state index contributed by atoms with van der Waals surface area (Å²) in [6.07, 6.45) is 0.744. The second-order valence-corrected chi connectivity index (χ2v) is 3.95. The van der Waals surface area contributed by atoms with Gasteiger partial charge in [0.1, 0.15) is 5.69 Å². The van der Waals surface area contributed by atoms with Gasteiger partial charge in [0.2, 0.25) is 0 Å². The van der Waals surface area contributed by atoms with E-state index in [1.54, 1.807) is 14.0 Å². The molecule has 4 N–H and O–H groups in total. The number of hydrogen-bond acceptors (Lipinski definition) is 5. The molecule has 18 heavy (non-hydrogen) atoms. The summed E-state index contributed by atoms with van der Waals surface area (Å²) in [4.78, 5) is 17.2. The minimum absolute atomic E-state index is 0.0705. The normalized spacial score (nSPS) is 13.2. The Labute approximate surface area is 105 Å². The number of carbonyl (C=O) groups is 1.